The molecule has 248 valence electrons. The van der Waals surface area contributed by atoms with Gasteiger partial charge in [0.1, 0.15) is 0 Å². The highest BCUT2D eigenvalue weighted by Crippen LogP contribution is 2.36. The summed E-state index contributed by atoms with van der Waals surface area (Å²) in [4.78, 5) is 2.50. The van der Waals surface area contributed by atoms with Crippen molar-refractivity contribution in [1.82, 2.24) is 4.90 Å². The second-order valence-electron chi connectivity index (χ2n) is 13.8. The van der Waals surface area contributed by atoms with Gasteiger partial charge in [0, 0.05) is 6.54 Å². The third-order valence-electron chi connectivity index (χ3n) is 10.0. The molecule has 0 saturated heterocycles. The molecule has 0 spiro atoms. The zero-order valence-corrected chi connectivity index (χ0v) is 30.0. The van der Waals surface area contributed by atoms with Crippen LogP contribution in [0.15, 0.2) is 60.3 Å². The van der Waals surface area contributed by atoms with Crippen molar-refractivity contribution in [3.05, 3.63) is 60.3 Å². The van der Waals surface area contributed by atoms with Crippen LogP contribution in [-0.2, 0) is 0 Å². The first-order chi connectivity index (χ1) is 20.9. The molecule has 0 N–H and O–H groups in total. The number of nitrogens with zero attached hydrogens (tertiary/aromatic N) is 1. The van der Waals surface area contributed by atoms with Gasteiger partial charge in [0.15, 0.2) is 0 Å². The maximum absolute atomic E-state index is 4.51. The summed E-state index contributed by atoms with van der Waals surface area (Å²) in [5.74, 6) is 2.49. The topological polar surface area (TPSA) is 3.24 Å². The lowest BCUT2D eigenvalue weighted by Gasteiger charge is -2.23. The molecule has 3 unspecified atom stereocenters. The molecule has 1 heteroatoms. The van der Waals surface area contributed by atoms with Gasteiger partial charge in [-0.2, -0.15) is 0 Å². The highest BCUT2D eigenvalue weighted by molar-refractivity contribution is 5.12. The zero-order chi connectivity index (χ0) is 31.5. The minimum atomic E-state index is 0.821. The number of rotatable bonds is 29. The van der Waals surface area contributed by atoms with E-state index in [0.717, 1.165) is 43.8 Å². The average molecular weight is 594 g/mol. The fourth-order valence-corrected chi connectivity index (χ4v) is 6.78. The van der Waals surface area contributed by atoms with E-state index >= 15 is 0 Å². The van der Waals surface area contributed by atoms with Crippen LogP contribution in [0.3, 0.4) is 0 Å². The van der Waals surface area contributed by atoms with Gasteiger partial charge in [0.2, 0.25) is 0 Å². The van der Waals surface area contributed by atoms with Crippen molar-refractivity contribution in [2.24, 2.45) is 17.8 Å². The molecule has 1 rings (SSSR count). The minimum Gasteiger partial charge on any atom is -0.300 e. The summed E-state index contributed by atoms with van der Waals surface area (Å²) < 4.78 is 0. The monoisotopic (exact) mass is 594 g/mol. The van der Waals surface area contributed by atoms with Crippen LogP contribution in [0, 0.1) is 17.8 Å². The van der Waals surface area contributed by atoms with Crippen molar-refractivity contribution in [3.63, 3.8) is 0 Å². The number of hydrogen-bond acceptors (Lipinski definition) is 1. The van der Waals surface area contributed by atoms with Crippen LogP contribution in [0.5, 0.6) is 0 Å². The third-order valence-corrected chi connectivity index (χ3v) is 10.0. The molecule has 1 nitrogen and oxygen atoms in total. The Bertz CT molecular complexity index is 779. The molecule has 0 aromatic rings. The van der Waals surface area contributed by atoms with E-state index in [-0.39, 0.29) is 0 Å². The number of likely N-dealkylation sites (N-methyl/N-ethyl adjacent to an activating group) is 1. The first-order valence-corrected chi connectivity index (χ1v) is 19.0. The summed E-state index contributed by atoms with van der Waals surface area (Å²) in [5, 5.41) is 0. The first kappa shape index (κ1) is 39.7. The summed E-state index contributed by atoms with van der Waals surface area (Å²) in [6, 6.07) is 0. The average Bonchev–Trinajstić information content (AvgIpc) is 3.37. The molecule has 0 amide bonds. The standard InChI is InChI=1S/C42H75N/c1-8-12-13-14-15-16-17-18-19-20-21-22-23-24-25-27-37(5)30-32-41(33-31-38(6)36-43(10-3)11-4)28-26-29-42-35-40(9-2)34-39(42)7/h15-16,18-19,35,39,41-42H,5-6,8-14,17,20-34,36H2,1-4,7H3/b16-15-,19-18-. The van der Waals surface area contributed by atoms with E-state index in [0.29, 0.717) is 0 Å². The van der Waals surface area contributed by atoms with Gasteiger partial charge in [0.05, 0.1) is 0 Å². The Morgan fingerprint density at radius 3 is 2.02 bits per heavy atom. The van der Waals surface area contributed by atoms with E-state index in [9.17, 15) is 0 Å². The van der Waals surface area contributed by atoms with E-state index in [1.54, 1.807) is 5.57 Å². The van der Waals surface area contributed by atoms with Gasteiger partial charge in [0.25, 0.3) is 0 Å². The smallest absolute Gasteiger partial charge is 0.0189 e. The van der Waals surface area contributed by atoms with Crippen LogP contribution in [0.4, 0.5) is 0 Å². The highest BCUT2D eigenvalue weighted by atomic mass is 15.1. The lowest BCUT2D eigenvalue weighted by atomic mass is 9.86. The number of unbranched alkanes of at least 4 members (excludes halogenated alkanes) is 8. The van der Waals surface area contributed by atoms with Gasteiger partial charge in [-0.05, 0) is 121 Å². The van der Waals surface area contributed by atoms with Crippen molar-refractivity contribution in [2.45, 2.75) is 169 Å². The normalized spacial score (nSPS) is 17.9. The molecule has 43 heavy (non-hydrogen) atoms. The van der Waals surface area contributed by atoms with Crippen LogP contribution >= 0.6 is 0 Å². The van der Waals surface area contributed by atoms with Crippen LogP contribution in [-0.4, -0.2) is 24.5 Å². The first-order valence-electron chi connectivity index (χ1n) is 19.0. The second-order valence-corrected chi connectivity index (χ2v) is 13.8. The Kier molecular flexibility index (Phi) is 24.9. The Morgan fingerprint density at radius 2 is 1.40 bits per heavy atom. The van der Waals surface area contributed by atoms with Gasteiger partial charge in [-0.15, -0.1) is 0 Å². The lowest BCUT2D eigenvalue weighted by Crippen LogP contribution is -2.25. The fourth-order valence-electron chi connectivity index (χ4n) is 6.78. The SMILES string of the molecule is C=C(CCCCCCC/C=C\C/C=C\CCCCC)CCC(CCCC1C=C(CC)CC1C)CCC(=C)CN(CC)CC. The molecule has 1 aliphatic rings. The predicted molar refractivity (Wildman–Crippen MR) is 197 cm³/mol. The number of hydrogen-bond donors (Lipinski definition) is 0. The van der Waals surface area contributed by atoms with Gasteiger partial charge >= 0.3 is 0 Å². The molecule has 0 saturated carbocycles. The Balaban J connectivity index is 2.28. The molecule has 3 atom stereocenters. The van der Waals surface area contributed by atoms with E-state index in [2.05, 4.69) is 83.1 Å². The Morgan fingerprint density at radius 1 is 0.767 bits per heavy atom. The van der Waals surface area contributed by atoms with E-state index in [4.69, 9.17) is 0 Å². The van der Waals surface area contributed by atoms with Crippen molar-refractivity contribution < 1.29 is 0 Å². The van der Waals surface area contributed by atoms with Crippen molar-refractivity contribution in [3.8, 4) is 0 Å². The molecule has 0 aromatic heterocycles. The zero-order valence-electron chi connectivity index (χ0n) is 30.0. The van der Waals surface area contributed by atoms with E-state index in [1.807, 2.05) is 0 Å². The van der Waals surface area contributed by atoms with E-state index < -0.39 is 0 Å². The third kappa shape index (κ3) is 21.1. The van der Waals surface area contributed by atoms with Gasteiger partial charge in [-0.25, -0.2) is 0 Å². The molecule has 0 fully saturated rings. The van der Waals surface area contributed by atoms with Crippen LogP contribution < -0.4 is 0 Å². The molecule has 1 aliphatic carbocycles. The van der Waals surface area contributed by atoms with Crippen LogP contribution in [0.1, 0.15) is 169 Å². The minimum absolute atomic E-state index is 0.821. The van der Waals surface area contributed by atoms with E-state index in [1.165, 1.54) is 140 Å². The fraction of sp³-hybridized carbons (Fsp3) is 0.762. The van der Waals surface area contributed by atoms with Gasteiger partial charge in [-0.3, -0.25) is 4.90 Å². The number of allylic oxidation sites excluding steroid dienone is 7. The maximum atomic E-state index is 4.51. The largest absolute Gasteiger partial charge is 0.300 e. The maximum Gasteiger partial charge on any atom is 0.0189 e. The summed E-state index contributed by atoms with van der Waals surface area (Å²) in [7, 11) is 0. The molecular formula is C42H75N. The molecule has 0 bridgehead atoms. The molecule has 0 aliphatic heterocycles. The molecule has 0 aromatic carbocycles. The van der Waals surface area contributed by atoms with Crippen LogP contribution in [0.2, 0.25) is 0 Å². The summed E-state index contributed by atoms with van der Waals surface area (Å²) in [5.41, 5.74) is 4.63. The van der Waals surface area contributed by atoms with Crippen molar-refractivity contribution in [2.75, 3.05) is 19.6 Å². The summed E-state index contributed by atoms with van der Waals surface area (Å²) in [6.07, 6.45) is 39.5. The predicted octanol–water partition coefficient (Wildman–Crippen LogP) is 13.6. The lowest BCUT2D eigenvalue weighted by molar-refractivity contribution is 0.319. The van der Waals surface area contributed by atoms with Crippen LogP contribution in [0.25, 0.3) is 0 Å². The summed E-state index contributed by atoms with van der Waals surface area (Å²) >= 11 is 0. The highest BCUT2D eigenvalue weighted by Gasteiger charge is 2.23. The molecule has 0 radical (unpaired) electrons. The van der Waals surface area contributed by atoms with Gasteiger partial charge < -0.3 is 0 Å². The quantitative estimate of drug-likeness (QED) is 0.0616. The Labute approximate surface area is 271 Å². The molecule has 0 heterocycles. The second kappa shape index (κ2) is 27.0. The molecular weight excluding hydrogens is 518 g/mol. The Hall–Kier alpha value is -1.34. The summed E-state index contributed by atoms with van der Waals surface area (Å²) in [6.45, 7) is 23.9. The van der Waals surface area contributed by atoms with Crippen molar-refractivity contribution >= 4 is 0 Å². The van der Waals surface area contributed by atoms with Gasteiger partial charge in [-0.1, -0.05) is 140 Å². The van der Waals surface area contributed by atoms with Crippen molar-refractivity contribution in [1.29, 1.82) is 0 Å².